The monoisotopic (exact) mass is 913 g/mol. The van der Waals surface area contributed by atoms with Crippen LogP contribution in [0.2, 0.25) is 0 Å². The maximum Gasteiger partial charge on any atom is 0.326 e. The summed E-state index contributed by atoms with van der Waals surface area (Å²) in [6.07, 6.45) is 2.31. The number of likely N-dealkylation sites (tertiary alicyclic amines) is 2. The van der Waals surface area contributed by atoms with Gasteiger partial charge < -0.3 is 79.3 Å². The number of nitrogens with two attached hydrogens (primary N) is 3. The molecule has 362 valence electrons. The third-order valence-electron chi connectivity index (χ3n) is 10.5. The second-order valence-corrected chi connectivity index (χ2v) is 16.7. The molecule has 0 saturated carbocycles. The number of aliphatic hydroxyl groups excluding tert-OH is 3. The molecule has 2 saturated heterocycles. The van der Waals surface area contributed by atoms with Gasteiger partial charge in [0.05, 0.1) is 32.4 Å². The third-order valence-corrected chi connectivity index (χ3v) is 10.5. The fourth-order valence-corrected chi connectivity index (χ4v) is 7.20. The number of guanidine groups is 1. The molecule has 0 aliphatic carbocycles. The van der Waals surface area contributed by atoms with Crippen molar-refractivity contribution < 1.29 is 63.6 Å². The average Bonchev–Trinajstić information content (AvgIpc) is 3.94. The molecule has 0 bridgehead atoms. The normalized spacial score (nSPS) is 18.8. The van der Waals surface area contributed by atoms with Crippen LogP contribution in [0.5, 0.6) is 0 Å². The molecule has 8 amide bonds. The van der Waals surface area contributed by atoms with Gasteiger partial charge in [0, 0.05) is 19.6 Å². The number of carbonyl (C=O) groups is 9. The lowest BCUT2D eigenvalue weighted by Crippen LogP contribution is -2.61. The van der Waals surface area contributed by atoms with E-state index in [0.29, 0.717) is 25.7 Å². The smallest absolute Gasteiger partial charge is 0.326 e. The average molecular weight is 913 g/mol. The van der Waals surface area contributed by atoms with Crippen LogP contribution in [0.1, 0.15) is 79.1 Å². The molecule has 0 radical (unpaired) electrons. The van der Waals surface area contributed by atoms with Gasteiger partial charge >= 0.3 is 5.97 Å². The number of aliphatic carboxylic acids is 1. The highest BCUT2D eigenvalue weighted by molar-refractivity contribution is 5.98. The van der Waals surface area contributed by atoms with Crippen LogP contribution < -0.4 is 49.1 Å². The summed E-state index contributed by atoms with van der Waals surface area (Å²) in [6.45, 7) is 4.30. The van der Waals surface area contributed by atoms with Gasteiger partial charge in [-0.2, -0.15) is 0 Å². The Bertz CT molecular complexity index is 1680. The first kappa shape index (κ1) is 54.5. The summed E-state index contributed by atoms with van der Waals surface area (Å²) in [4.78, 5) is 124. The number of nitrogens with zero attached hydrogens (tertiary/aromatic N) is 3. The maximum atomic E-state index is 13.9. The van der Waals surface area contributed by atoms with Crippen LogP contribution in [0.15, 0.2) is 4.99 Å². The van der Waals surface area contributed by atoms with E-state index in [0.717, 1.165) is 0 Å². The summed E-state index contributed by atoms with van der Waals surface area (Å²) in [5.74, 6) is -8.20. The summed E-state index contributed by atoms with van der Waals surface area (Å²) >= 11 is 0. The number of aliphatic hydroxyl groups is 3. The van der Waals surface area contributed by atoms with E-state index in [2.05, 4.69) is 36.9 Å². The van der Waals surface area contributed by atoms with Crippen LogP contribution in [0.25, 0.3) is 0 Å². The topological polar surface area (TPSA) is 404 Å². The summed E-state index contributed by atoms with van der Waals surface area (Å²) in [5.41, 5.74) is 16.5. The maximum absolute atomic E-state index is 13.9. The second kappa shape index (κ2) is 26.8. The van der Waals surface area contributed by atoms with Crippen molar-refractivity contribution in [2.75, 3.05) is 46.0 Å². The number of hydrogen-bond donors (Lipinski definition) is 13. The molecule has 0 unspecified atom stereocenters. The van der Waals surface area contributed by atoms with Crippen LogP contribution >= 0.6 is 0 Å². The van der Waals surface area contributed by atoms with Crippen molar-refractivity contribution in [2.24, 2.45) is 34.0 Å². The first-order valence-electron chi connectivity index (χ1n) is 21.4. The van der Waals surface area contributed by atoms with Crippen molar-refractivity contribution >= 4 is 59.2 Å². The van der Waals surface area contributed by atoms with E-state index in [9.17, 15) is 63.6 Å². The van der Waals surface area contributed by atoms with Gasteiger partial charge in [0.2, 0.25) is 47.3 Å². The molecule has 2 fully saturated rings. The number of carbonyl (C=O) groups excluding carboxylic acids is 8. The van der Waals surface area contributed by atoms with Crippen molar-refractivity contribution in [3.8, 4) is 0 Å². The largest absolute Gasteiger partial charge is 0.480 e. The van der Waals surface area contributed by atoms with Crippen LogP contribution in [-0.2, 0) is 43.2 Å². The van der Waals surface area contributed by atoms with Crippen LogP contribution in [0, 0.1) is 11.8 Å². The van der Waals surface area contributed by atoms with Crippen molar-refractivity contribution in [3.05, 3.63) is 0 Å². The molecule has 2 aliphatic heterocycles. The lowest BCUT2D eigenvalue weighted by atomic mass is 10.0. The zero-order valence-electron chi connectivity index (χ0n) is 36.9. The fraction of sp³-hybridized carbons (Fsp3) is 0.744. The molecule has 25 nitrogen and oxygen atoms in total. The molecular formula is C39H68N12O13. The molecule has 64 heavy (non-hydrogen) atoms. The van der Waals surface area contributed by atoms with E-state index in [1.54, 1.807) is 27.7 Å². The predicted octanol–water partition coefficient (Wildman–Crippen LogP) is -5.96. The van der Waals surface area contributed by atoms with Crippen molar-refractivity contribution in [1.82, 2.24) is 41.7 Å². The Kier molecular flexibility index (Phi) is 22.8. The Morgan fingerprint density at radius 1 is 0.641 bits per heavy atom. The van der Waals surface area contributed by atoms with E-state index in [1.807, 2.05) is 0 Å². The Labute approximate surface area is 371 Å². The summed E-state index contributed by atoms with van der Waals surface area (Å²) in [5, 5.41) is 53.1. The van der Waals surface area contributed by atoms with E-state index >= 15 is 0 Å². The molecule has 0 aromatic heterocycles. The van der Waals surface area contributed by atoms with E-state index < -0.39 is 128 Å². The molecule has 16 N–H and O–H groups in total. The van der Waals surface area contributed by atoms with Gasteiger partial charge in [-0.1, -0.05) is 27.7 Å². The van der Waals surface area contributed by atoms with Gasteiger partial charge in [0.15, 0.2) is 5.96 Å². The lowest BCUT2D eigenvalue weighted by molar-refractivity contribution is -0.147. The molecule has 8 atom stereocenters. The van der Waals surface area contributed by atoms with E-state index in [1.165, 1.54) is 9.80 Å². The Morgan fingerprint density at radius 3 is 1.56 bits per heavy atom. The number of amides is 8. The number of rotatable bonds is 26. The molecule has 0 aromatic rings. The summed E-state index contributed by atoms with van der Waals surface area (Å²) < 4.78 is 0. The van der Waals surface area contributed by atoms with Crippen LogP contribution in [0.4, 0.5) is 0 Å². The van der Waals surface area contributed by atoms with Crippen LogP contribution in [-0.4, -0.2) is 184 Å². The highest BCUT2D eigenvalue weighted by Crippen LogP contribution is 2.25. The predicted molar refractivity (Wildman–Crippen MR) is 228 cm³/mol. The molecule has 2 aliphatic rings. The molecule has 2 rings (SSSR count). The van der Waals surface area contributed by atoms with Gasteiger partial charge in [-0.15, -0.1) is 0 Å². The Morgan fingerprint density at radius 2 is 1.09 bits per heavy atom. The number of hydrogen-bond acceptors (Lipinski definition) is 14. The third kappa shape index (κ3) is 17.1. The highest BCUT2D eigenvalue weighted by atomic mass is 16.4. The van der Waals surface area contributed by atoms with E-state index in [4.69, 9.17) is 17.2 Å². The number of carboxylic acids is 1. The van der Waals surface area contributed by atoms with Crippen molar-refractivity contribution in [1.29, 1.82) is 0 Å². The quantitative estimate of drug-likeness (QED) is 0.0218. The number of carboxylic acid groups (broad SMARTS) is 1. The molecule has 0 spiro atoms. The lowest BCUT2D eigenvalue weighted by Gasteiger charge is -2.32. The molecule has 0 aromatic carbocycles. The van der Waals surface area contributed by atoms with Gasteiger partial charge in [-0.05, 0) is 63.2 Å². The van der Waals surface area contributed by atoms with Crippen LogP contribution in [0.3, 0.4) is 0 Å². The van der Waals surface area contributed by atoms with Gasteiger partial charge in [0.25, 0.3) is 0 Å². The second-order valence-electron chi connectivity index (χ2n) is 16.7. The van der Waals surface area contributed by atoms with Gasteiger partial charge in [-0.3, -0.25) is 43.3 Å². The zero-order chi connectivity index (χ0) is 48.3. The minimum absolute atomic E-state index is 0.0490. The first-order chi connectivity index (χ1) is 30.1. The standard InChI is InChI=1S/C39H68N12O13/c1-20(2)14-23(32(57)47-26(18-53)34(59)49-27(19-54)35(60)48-25(17-52)33(58)46-24(38(63)64)15-21(3)4)45-36(61)28-9-6-13-51(28)37(62)29-10-7-12-50(29)30(55)16-44-31(56)22(40)8-5-11-43-39(41)42/h20-29,52-54H,5-19,40H2,1-4H3,(H,44,56)(H,45,61)(H,46,58)(H,47,57)(H,48,60)(H,49,59)(H,63,64)(H4,41,42,43)/t22-,23-,24-,25-,26-,27-,28-,29-/m0/s1. The zero-order valence-corrected chi connectivity index (χ0v) is 36.9. The summed E-state index contributed by atoms with van der Waals surface area (Å²) in [6, 6.07) is -10.6. The van der Waals surface area contributed by atoms with Crippen molar-refractivity contribution in [3.63, 3.8) is 0 Å². The van der Waals surface area contributed by atoms with Gasteiger partial charge in [0.1, 0.15) is 42.3 Å². The Balaban J connectivity index is 2.07. The van der Waals surface area contributed by atoms with Crippen molar-refractivity contribution in [2.45, 2.75) is 127 Å². The number of aliphatic imine (C=N–C) groups is 1. The molecule has 25 heteroatoms. The van der Waals surface area contributed by atoms with E-state index in [-0.39, 0.29) is 63.1 Å². The first-order valence-corrected chi connectivity index (χ1v) is 21.4. The highest BCUT2D eigenvalue weighted by Gasteiger charge is 2.43. The Hall–Kier alpha value is -5.66. The fourth-order valence-electron chi connectivity index (χ4n) is 7.20. The SMILES string of the molecule is CC(C)C[C@H](NC(=O)[C@H](CO)NC(=O)[C@H](CO)NC(=O)[C@H](CO)NC(=O)[C@H](CC(C)C)NC(=O)[C@@H]1CCCN1C(=O)[C@@H]1CCCN1C(=O)CNC(=O)[C@@H](N)CCCN=C(N)N)C(=O)O. The summed E-state index contributed by atoms with van der Waals surface area (Å²) in [7, 11) is 0. The number of nitrogens with one attached hydrogen (secondary N) is 6. The van der Waals surface area contributed by atoms with Gasteiger partial charge in [-0.25, -0.2) is 4.79 Å². The molecular weight excluding hydrogens is 844 g/mol. The minimum atomic E-state index is -1.76. The molecule has 2 heterocycles. The minimum Gasteiger partial charge on any atom is -0.480 e.